The molecule has 0 unspecified atom stereocenters. The van der Waals surface area contributed by atoms with Crippen LogP contribution in [-0.4, -0.2) is 18.2 Å². The molecular weight excluding hydrogens is 298 g/mol. The smallest absolute Gasteiger partial charge is 0.311 e. The molecular formula is C16H13N3O4. The summed E-state index contributed by atoms with van der Waals surface area (Å²) >= 11 is 0. The number of rotatable bonds is 6. The highest BCUT2D eigenvalue weighted by Crippen LogP contribution is 2.26. The van der Waals surface area contributed by atoms with Crippen LogP contribution in [0.5, 0.6) is 5.75 Å². The van der Waals surface area contributed by atoms with Gasteiger partial charge in [0, 0.05) is 17.2 Å². The first-order valence-electron chi connectivity index (χ1n) is 6.61. The van der Waals surface area contributed by atoms with Crippen LogP contribution >= 0.6 is 0 Å². The molecule has 0 aliphatic heterocycles. The molecule has 0 heterocycles. The summed E-state index contributed by atoms with van der Waals surface area (Å²) in [6.45, 7) is 0.137. The Morgan fingerprint density at radius 1 is 1.35 bits per heavy atom. The van der Waals surface area contributed by atoms with Crippen molar-refractivity contribution < 1.29 is 14.5 Å². The van der Waals surface area contributed by atoms with Crippen LogP contribution in [0.25, 0.3) is 0 Å². The van der Waals surface area contributed by atoms with Gasteiger partial charge in [0.15, 0.2) is 5.75 Å². The second-order valence-electron chi connectivity index (χ2n) is 4.47. The van der Waals surface area contributed by atoms with Gasteiger partial charge in [-0.25, -0.2) is 0 Å². The quantitative estimate of drug-likeness (QED) is 0.464. The SMILES string of the molecule is COc1ccc(/C=N\OCc2ccccc2C#N)cc1[N+](=O)[O-]. The van der Waals surface area contributed by atoms with E-state index >= 15 is 0 Å². The molecule has 0 aliphatic carbocycles. The molecule has 0 saturated heterocycles. The number of nitrogens with zero attached hydrogens (tertiary/aromatic N) is 3. The van der Waals surface area contributed by atoms with Crippen molar-refractivity contribution in [1.29, 1.82) is 5.26 Å². The van der Waals surface area contributed by atoms with Crippen molar-refractivity contribution in [3.8, 4) is 11.8 Å². The number of hydrogen-bond donors (Lipinski definition) is 0. The first-order chi connectivity index (χ1) is 11.2. The molecule has 0 radical (unpaired) electrons. The molecule has 0 bridgehead atoms. The molecule has 23 heavy (non-hydrogen) atoms. The molecule has 0 amide bonds. The maximum Gasteiger partial charge on any atom is 0.311 e. The summed E-state index contributed by atoms with van der Waals surface area (Å²) in [6.07, 6.45) is 1.36. The number of nitriles is 1. The second-order valence-corrected chi connectivity index (χ2v) is 4.47. The summed E-state index contributed by atoms with van der Waals surface area (Å²) in [6, 6.07) is 13.6. The maximum absolute atomic E-state index is 10.9. The largest absolute Gasteiger partial charge is 0.490 e. The number of benzene rings is 2. The molecule has 0 aliphatic rings. The third-order valence-corrected chi connectivity index (χ3v) is 3.03. The minimum Gasteiger partial charge on any atom is -0.490 e. The molecule has 7 heteroatoms. The van der Waals surface area contributed by atoms with Crippen LogP contribution in [0, 0.1) is 21.4 Å². The van der Waals surface area contributed by atoms with Crippen LogP contribution in [0.2, 0.25) is 0 Å². The molecule has 2 rings (SSSR count). The maximum atomic E-state index is 10.9. The molecule has 2 aromatic carbocycles. The minimum atomic E-state index is -0.528. The lowest BCUT2D eigenvalue weighted by atomic mass is 10.1. The van der Waals surface area contributed by atoms with E-state index < -0.39 is 4.92 Å². The summed E-state index contributed by atoms with van der Waals surface area (Å²) in [7, 11) is 1.37. The first-order valence-corrected chi connectivity index (χ1v) is 6.61. The van der Waals surface area contributed by atoms with Crippen molar-refractivity contribution in [2.45, 2.75) is 6.61 Å². The highest BCUT2D eigenvalue weighted by Gasteiger charge is 2.14. The molecule has 0 atom stereocenters. The lowest BCUT2D eigenvalue weighted by Crippen LogP contribution is -1.95. The number of hydrogen-bond acceptors (Lipinski definition) is 6. The van der Waals surface area contributed by atoms with Crippen molar-refractivity contribution in [2.75, 3.05) is 7.11 Å². The van der Waals surface area contributed by atoms with Crippen molar-refractivity contribution in [3.05, 3.63) is 69.3 Å². The van der Waals surface area contributed by atoms with E-state index in [1.807, 2.05) is 0 Å². The zero-order valence-corrected chi connectivity index (χ0v) is 12.3. The summed E-state index contributed by atoms with van der Waals surface area (Å²) in [5, 5.41) is 23.7. The Morgan fingerprint density at radius 3 is 2.83 bits per heavy atom. The zero-order valence-electron chi connectivity index (χ0n) is 12.3. The third-order valence-electron chi connectivity index (χ3n) is 3.03. The number of ether oxygens (including phenoxy) is 1. The van der Waals surface area contributed by atoms with Gasteiger partial charge in [0.2, 0.25) is 0 Å². The average Bonchev–Trinajstić information content (AvgIpc) is 2.58. The van der Waals surface area contributed by atoms with Gasteiger partial charge >= 0.3 is 5.69 Å². The monoisotopic (exact) mass is 311 g/mol. The lowest BCUT2D eigenvalue weighted by molar-refractivity contribution is -0.385. The van der Waals surface area contributed by atoms with Gasteiger partial charge in [-0.15, -0.1) is 0 Å². The van der Waals surface area contributed by atoms with Crippen LogP contribution in [0.1, 0.15) is 16.7 Å². The number of oxime groups is 1. The predicted molar refractivity (Wildman–Crippen MR) is 83.2 cm³/mol. The Morgan fingerprint density at radius 2 is 2.13 bits per heavy atom. The van der Waals surface area contributed by atoms with E-state index in [-0.39, 0.29) is 18.0 Å². The van der Waals surface area contributed by atoms with Gasteiger partial charge in [-0.1, -0.05) is 23.4 Å². The van der Waals surface area contributed by atoms with Crippen molar-refractivity contribution in [3.63, 3.8) is 0 Å². The lowest BCUT2D eigenvalue weighted by Gasteiger charge is -2.03. The van der Waals surface area contributed by atoms with Gasteiger partial charge < -0.3 is 9.57 Å². The fraction of sp³-hybridized carbons (Fsp3) is 0.125. The van der Waals surface area contributed by atoms with Crippen LogP contribution in [0.4, 0.5) is 5.69 Å². The summed E-state index contributed by atoms with van der Waals surface area (Å²) < 4.78 is 4.92. The van der Waals surface area contributed by atoms with E-state index in [2.05, 4.69) is 11.2 Å². The van der Waals surface area contributed by atoms with Crippen LogP contribution < -0.4 is 4.74 Å². The first kappa shape index (κ1) is 16.0. The highest BCUT2D eigenvalue weighted by molar-refractivity contribution is 5.81. The molecule has 116 valence electrons. The van der Waals surface area contributed by atoms with Gasteiger partial charge in [-0.05, 0) is 18.2 Å². The van der Waals surface area contributed by atoms with E-state index in [1.165, 1.54) is 25.5 Å². The van der Waals surface area contributed by atoms with Crippen molar-refractivity contribution in [1.82, 2.24) is 0 Å². The average molecular weight is 311 g/mol. The summed E-state index contributed by atoms with van der Waals surface area (Å²) in [4.78, 5) is 15.6. The highest BCUT2D eigenvalue weighted by atomic mass is 16.6. The standard InChI is InChI=1S/C16H13N3O4/c1-22-16-7-6-12(8-15(16)19(20)21)10-18-23-11-14-5-3-2-4-13(14)9-17/h2-8,10H,11H2,1H3/b18-10-. The molecule has 0 saturated carbocycles. The van der Waals surface area contributed by atoms with Crippen molar-refractivity contribution >= 4 is 11.9 Å². The van der Waals surface area contributed by atoms with E-state index in [4.69, 9.17) is 14.8 Å². The summed E-state index contributed by atoms with van der Waals surface area (Å²) in [5.74, 6) is 0.177. The van der Waals surface area contributed by atoms with Crippen molar-refractivity contribution in [2.24, 2.45) is 5.16 Å². The normalized spacial score (nSPS) is 10.3. The number of nitro benzene ring substituents is 1. The minimum absolute atomic E-state index is 0.137. The Labute approximate surface area is 132 Å². The molecule has 0 fully saturated rings. The predicted octanol–water partition coefficient (Wildman–Crippen LogP) is 3.03. The Kier molecular flexibility index (Phi) is 5.25. The Bertz CT molecular complexity index is 781. The van der Waals surface area contributed by atoms with Gasteiger partial charge in [0.05, 0.1) is 29.9 Å². The van der Waals surface area contributed by atoms with E-state index in [1.54, 1.807) is 30.3 Å². The molecule has 0 N–H and O–H groups in total. The van der Waals surface area contributed by atoms with E-state index in [0.717, 1.165) is 0 Å². The molecule has 2 aromatic rings. The van der Waals surface area contributed by atoms with Gasteiger partial charge in [-0.2, -0.15) is 5.26 Å². The fourth-order valence-corrected chi connectivity index (χ4v) is 1.89. The van der Waals surface area contributed by atoms with Crippen LogP contribution in [0.15, 0.2) is 47.6 Å². The second kappa shape index (κ2) is 7.56. The number of nitro groups is 1. The van der Waals surface area contributed by atoms with Crippen LogP contribution in [0.3, 0.4) is 0 Å². The van der Waals surface area contributed by atoms with E-state index in [0.29, 0.717) is 16.7 Å². The number of methoxy groups -OCH3 is 1. The third kappa shape index (κ3) is 4.04. The fourth-order valence-electron chi connectivity index (χ4n) is 1.89. The molecule has 7 nitrogen and oxygen atoms in total. The Hall–Kier alpha value is -3.40. The Balaban J connectivity index is 2.05. The summed E-state index contributed by atoms with van der Waals surface area (Å²) in [5.41, 5.74) is 1.59. The zero-order chi connectivity index (χ0) is 16.7. The topological polar surface area (TPSA) is 97.8 Å². The molecule has 0 spiro atoms. The van der Waals surface area contributed by atoms with Gasteiger partial charge in [0.1, 0.15) is 6.61 Å². The van der Waals surface area contributed by atoms with Gasteiger partial charge in [0.25, 0.3) is 0 Å². The van der Waals surface area contributed by atoms with E-state index in [9.17, 15) is 10.1 Å². The van der Waals surface area contributed by atoms with Crippen LogP contribution in [-0.2, 0) is 11.4 Å². The molecule has 0 aromatic heterocycles. The van der Waals surface area contributed by atoms with Gasteiger partial charge in [-0.3, -0.25) is 10.1 Å².